The molecule has 5 nitrogen and oxygen atoms in total. The molecule has 2 rings (SSSR count). The van der Waals surface area contributed by atoms with Crippen LogP contribution in [0, 0.1) is 13.8 Å². The van der Waals surface area contributed by atoms with E-state index < -0.39 is 10.0 Å². The van der Waals surface area contributed by atoms with Crippen LogP contribution in [0.15, 0.2) is 39.6 Å². The normalized spacial score (nSPS) is 11.8. The standard InChI is InChI=1S/C14H17NO4S/c1-10-6-7-13(19-10)8-15-20(17,18)14-5-3-4-12(9-16)11(14)2/h3-7,15-16H,8-9H2,1-2H3. The van der Waals surface area contributed by atoms with Gasteiger partial charge in [0, 0.05) is 0 Å². The van der Waals surface area contributed by atoms with Crippen molar-refractivity contribution in [3.8, 4) is 0 Å². The summed E-state index contributed by atoms with van der Waals surface area (Å²) in [5.74, 6) is 1.29. The van der Waals surface area contributed by atoms with Crippen LogP contribution >= 0.6 is 0 Å². The maximum absolute atomic E-state index is 12.3. The van der Waals surface area contributed by atoms with Crippen LogP contribution < -0.4 is 4.72 Å². The summed E-state index contributed by atoms with van der Waals surface area (Å²) in [6.45, 7) is 3.38. The Morgan fingerprint density at radius 1 is 1.20 bits per heavy atom. The van der Waals surface area contributed by atoms with Gasteiger partial charge in [-0.2, -0.15) is 0 Å². The van der Waals surface area contributed by atoms with Crippen molar-refractivity contribution < 1.29 is 17.9 Å². The molecule has 0 saturated carbocycles. The highest BCUT2D eigenvalue weighted by Crippen LogP contribution is 2.19. The number of furan rings is 1. The number of hydrogen-bond acceptors (Lipinski definition) is 4. The van der Waals surface area contributed by atoms with Crippen molar-refractivity contribution in [1.82, 2.24) is 4.72 Å². The molecule has 0 amide bonds. The topological polar surface area (TPSA) is 79.5 Å². The maximum atomic E-state index is 12.3. The van der Waals surface area contributed by atoms with Crippen molar-refractivity contribution >= 4 is 10.0 Å². The molecule has 0 aliphatic heterocycles. The quantitative estimate of drug-likeness (QED) is 0.882. The number of hydrogen-bond donors (Lipinski definition) is 2. The highest BCUT2D eigenvalue weighted by molar-refractivity contribution is 7.89. The Morgan fingerprint density at radius 2 is 1.95 bits per heavy atom. The van der Waals surface area contributed by atoms with Crippen LogP contribution in [-0.2, 0) is 23.2 Å². The molecule has 20 heavy (non-hydrogen) atoms. The molecule has 0 fully saturated rings. The van der Waals surface area contributed by atoms with Gasteiger partial charge in [-0.3, -0.25) is 0 Å². The van der Waals surface area contributed by atoms with E-state index in [0.29, 0.717) is 16.9 Å². The van der Waals surface area contributed by atoms with Gasteiger partial charge in [0.15, 0.2) is 0 Å². The lowest BCUT2D eigenvalue weighted by atomic mass is 10.1. The average Bonchev–Trinajstić information content (AvgIpc) is 2.82. The Bertz CT molecular complexity index is 704. The molecular formula is C14H17NO4S. The second-order valence-corrected chi connectivity index (χ2v) is 6.27. The third-order valence-electron chi connectivity index (χ3n) is 3.09. The molecule has 2 aromatic rings. The monoisotopic (exact) mass is 295 g/mol. The first-order valence-corrected chi connectivity index (χ1v) is 7.66. The van der Waals surface area contributed by atoms with E-state index in [9.17, 15) is 13.5 Å². The number of rotatable bonds is 5. The zero-order valence-electron chi connectivity index (χ0n) is 11.4. The predicted octanol–water partition coefficient (Wildman–Crippen LogP) is 1.87. The minimum Gasteiger partial charge on any atom is -0.465 e. The van der Waals surface area contributed by atoms with Crippen molar-refractivity contribution in [1.29, 1.82) is 0 Å². The Kier molecular flexibility index (Phi) is 4.27. The zero-order chi connectivity index (χ0) is 14.8. The third kappa shape index (κ3) is 3.09. The molecule has 0 aliphatic rings. The van der Waals surface area contributed by atoms with Gasteiger partial charge in [-0.15, -0.1) is 0 Å². The number of benzene rings is 1. The fourth-order valence-corrected chi connectivity index (χ4v) is 3.23. The van der Waals surface area contributed by atoms with Gasteiger partial charge in [0.1, 0.15) is 11.5 Å². The van der Waals surface area contributed by atoms with E-state index in [0.717, 1.165) is 5.76 Å². The van der Waals surface area contributed by atoms with Crippen LogP contribution in [0.4, 0.5) is 0 Å². The number of aryl methyl sites for hydroxylation is 1. The SMILES string of the molecule is Cc1ccc(CNS(=O)(=O)c2cccc(CO)c2C)o1. The van der Waals surface area contributed by atoms with E-state index in [1.807, 2.05) is 0 Å². The summed E-state index contributed by atoms with van der Waals surface area (Å²) < 4.78 is 32.4. The van der Waals surface area contributed by atoms with Gasteiger partial charge in [0.25, 0.3) is 0 Å². The molecule has 0 atom stereocenters. The highest BCUT2D eigenvalue weighted by atomic mass is 32.2. The molecule has 0 unspecified atom stereocenters. The average molecular weight is 295 g/mol. The molecule has 0 saturated heterocycles. The molecule has 0 bridgehead atoms. The van der Waals surface area contributed by atoms with E-state index in [-0.39, 0.29) is 18.0 Å². The maximum Gasteiger partial charge on any atom is 0.241 e. The van der Waals surface area contributed by atoms with Crippen LogP contribution in [0.3, 0.4) is 0 Å². The summed E-state index contributed by atoms with van der Waals surface area (Å²) in [6, 6.07) is 8.34. The molecule has 0 spiro atoms. The number of sulfonamides is 1. The summed E-state index contributed by atoms with van der Waals surface area (Å²) >= 11 is 0. The van der Waals surface area contributed by atoms with Gasteiger partial charge in [0.2, 0.25) is 10.0 Å². The minimum atomic E-state index is -3.63. The summed E-state index contributed by atoms with van der Waals surface area (Å²) in [5.41, 5.74) is 1.15. The van der Waals surface area contributed by atoms with Gasteiger partial charge in [-0.05, 0) is 43.2 Å². The van der Waals surface area contributed by atoms with Crippen molar-refractivity contribution in [3.63, 3.8) is 0 Å². The molecule has 0 radical (unpaired) electrons. The van der Waals surface area contributed by atoms with Crippen LogP contribution in [0.1, 0.15) is 22.6 Å². The minimum absolute atomic E-state index is 0.0962. The van der Waals surface area contributed by atoms with E-state index >= 15 is 0 Å². The van der Waals surface area contributed by atoms with Gasteiger partial charge >= 0.3 is 0 Å². The second kappa shape index (κ2) is 5.78. The largest absolute Gasteiger partial charge is 0.465 e. The van der Waals surface area contributed by atoms with Gasteiger partial charge in [-0.25, -0.2) is 13.1 Å². The lowest BCUT2D eigenvalue weighted by Crippen LogP contribution is -2.24. The molecule has 1 aromatic carbocycles. The molecule has 6 heteroatoms. The third-order valence-corrected chi connectivity index (χ3v) is 4.63. The fourth-order valence-electron chi connectivity index (χ4n) is 1.95. The van der Waals surface area contributed by atoms with Gasteiger partial charge in [0.05, 0.1) is 18.0 Å². The first-order valence-electron chi connectivity index (χ1n) is 6.18. The number of aliphatic hydroxyl groups is 1. The van der Waals surface area contributed by atoms with E-state index in [4.69, 9.17) is 4.42 Å². The van der Waals surface area contributed by atoms with E-state index in [1.165, 1.54) is 6.07 Å². The summed E-state index contributed by atoms with van der Waals surface area (Å²) in [5, 5.41) is 9.19. The van der Waals surface area contributed by atoms with Gasteiger partial charge < -0.3 is 9.52 Å². The molecule has 108 valence electrons. The van der Waals surface area contributed by atoms with Crippen molar-refractivity contribution in [2.75, 3.05) is 0 Å². The Balaban J connectivity index is 2.22. The molecule has 1 heterocycles. The molecule has 0 aliphatic carbocycles. The van der Waals surface area contributed by atoms with Crippen LogP contribution in [0.5, 0.6) is 0 Å². The first kappa shape index (κ1) is 14.8. The molecule has 2 N–H and O–H groups in total. The summed E-state index contributed by atoms with van der Waals surface area (Å²) in [4.78, 5) is 0.173. The van der Waals surface area contributed by atoms with Crippen LogP contribution in [0.25, 0.3) is 0 Å². The Hall–Kier alpha value is -1.63. The van der Waals surface area contributed by atoms with Crippen molar-refractivity contribution in [2.24, 2.45) is 0 Å². The van der Waals surface area contributed by atoms with Gasteiger partial charge in [-0.1, -0.05) is 12.1 Å². The Labute approximate surface area is 118 Å². The fraction of sp³-hybridized carbons (Fsp3) is 0.286. The first-order chi connectivity index (χ1) is 9.44. The number of aliphatic hydroxyl groups excluding tert-OH is 1. The predicted molar refractivity (Wildman–Crippen MR) is 74.6 cm³/mol. The molecule has 1 aromatic heterocycles. The zero-order valence-corrected chi connectivity index (χ0v) is 12.2. The lowest BCUT2D eigenvalue weighted by Gasteiger charge is -2.11. The van der Waals surface area contributed by atoms with Crippen molar-refractivity contribution in [2.45, 2.75) is 31.9 Å². The van der Waals surface area contributed by atoms with Crippen molar-refractivity contribution in [3.05, 3.63) is 53.0 Å². The van der Waals surface area contributed by atoms with E-state index in [1.54, 1.807) is 38.1 Å². The smallest absolute Gasteiger partial charge is 0.241 e. The Morgan fingerprint density at radius 3 is 2.55 bits per heavy atom. The van der Waals surface area contributed by atoms with E-state index in [2.05, 4.69) is 4.72 Å². The lowest BCUT2D eigenvalue weighted by molar-refractivity contribution is 0.280. The summed E-state index contributed by atoms with van der Waals surface area (Å²) in [7, 11) is -3.63. The summed E-state index contributed by atoms with van der Waals surface area (Å²) in [6.07, 6.45) is 0. The second-order valence-electron chi connectivity index (χ2n) is 4.54. The highest BCUT2D eigenvalue weighted by Gasteiger charge is 2.18. The van der Waals surface area contributed by atoms with Crippen LogP contribution in [0.2, 0.25) is 0 Å². The van der Waals surface area contributed by atoms with Crippen LogP contribution in [-0.4, -0.2) is 13.5 Å². The number of nitrogens with one attached hydrogen (secondary N) is 1. The molecular weight excluding hydrogens is 278 g/mol.